The van der Waals surface area contributed by atoms with Crippen LogP contribution in [-0.4, -0.2) is 24.0 Å². The number of nitrogens with one attached hydrogen (secondary N) is 1. The van der Waals surface area contributed by atoms with Crippen LogP contribution < -0.4 is 10.2 Å². The molecule has 2 fully saturated rings. The van der Waals surface area contributed by atoms with Crippen LogP contribution in [0, 0.1) is 11.8 Å². The lowest BCUT2D eigenvalue weighted by atomic mass is 9.99. The average molecular weight is 259 g/mol. The molecule has 4 nitrogen and oxygen atoms in total. The van der Waals surface area contributed by atoms with Crippen molar-refractivity contribution < 1.29 is 4.79 Å². The number of rotatable bonds is 3. The summed E-state index contributed by atoms with van der Waals surface area (Å²) < 4.78 is 0. The summed E-state index contributed by atoms with van der Waals surface area (Å²) in [4.78, 5) is 18.4. The molecule has 102 valence electrons. The Morgan fingerprint density at radius 3 is 2.58 bits per heavy atom. The molecule has 1 amide bonds. The standard InChI is InChI=1S/C15H21N3O/c1-11-6-8-18(9-7-11)13-4-5-14(16-10-13)17-15(19)12-2-3-12/h4-5,10-12H,2-3,6-9H2,1H3,(H,16,17,19). The molecule has 0 spiro atoms. The fraction of sp³-hybridized carbons (Fsp3) is 0.600. The highest BCUT2D eigenvalue weighted by molar-refractivity contribution is 5.93. The highest BCUT2D eigenvalue weighted by Gasteiger charge is 2.29. The van der Waals surface area contributed by atoms with E-state index < -0.39 is 0 Å². The second-order valence-electron chi connectivity index (χ2n) is 5.83. The van der Waals surface area contributed by atoms with Crippen molar-refractivity contribution in [3.8, 4) is 0 Å². The van der Waals surface area contributed by atoms with E-state index in [0.29, 0.717) is 5.82 Å². The van der Waals surface area contributed by atoms with Crippen molar-refractivity contribution in [2.45, 2.75) is 32.6 Å². The number of amides is 1. The van der Waals surface area contributed by atoms with Gasteiger partial charge in [0.2, 0.25) is 5.91 Å². The molecule has 19 heavy (non-hydrogen) atoms. The van der Waals surface area contributed by atoms with E-state index in [9.17, 15) is 4.79 Å². The summed E-state index contributed by atoms with van der Waals surface area (Å²) in [6.07, 6.45) is 6.42. The van der Waals surface area contributed by atoms with Crippen molar-refractivity contribution in [2.24, 2.45) is 11.8 Å². The fourth-order valence-corrected chi connectivity index (χ4v) is 2.49. The van der Waals surface area contributed by atoms with E-state index >= 15 is 0 Å². The molecule has 1 aliphatic heterocycles. The number of pyridine rings is 1. The highest BCUT2D eigenvalue weighted by Crippen LogP contribution is 2.30. The summed E-state index contributed by atoms with van der Waals surface area (Å²) in [7, 11) is 0. The second kappa shape index (κ2) is 5.19. The number of anilines is 2. The lowest BCUT2D eigenvalue weighted by Gasteiger charge is -2.31. The molecule has 1 saturated heterocycles. The lowest BCUT2D eigenvalue weighted by molar-refractivity contribution is -0.117. The first-order chi connectivity index (χ1) is 9.22. The van der Waals surface area contributed by atoms with Crippen molar-refractivity contribution in [1.29, 1.82) is 0 Å². The van der Waals surface area contributed by atoms with Gasteiger partial charge in [0.05, 0.1) is 11.9 Å². The van der Waals surface area contributed by atoms with Gasteiger partial charge >= 0.3 is 0 Å². The number of hydrogen-bond acceptors (Lipinski definition) is 3. The predicted molar refractivity (Wildman–Crippen MR) is 76.2 cm³/mol. The Hall–Kier alpha value is -1.58. The number of hydrogen-bond donors (Lipinski definition) is 1. The van der Waals surface area contributed by atoms with E-state index in [-0.39, 0.29) is 11.8 Å². The molecule has 0 aromatic carbocycles. The molecule has 1 aromatic heterocycles. The van der Waals surface area contributed by atoms with Crippen LogP contribution in [0.4, 0.5) is 11.5 Å². The van der Waals surface area contributed by atoms with Crippen LogP contribution in [0.2, 0.25) is 0 Å². The van der Waals surface area contributed by atoms with E-state index in [1.807, 2.05) is 12.3 Å². The van der Waals surface area contributed by atoms with Gasteiger partial charge in [-0.05, 0) is 43.7 Å². The third-order valence-electron chi connectivity index (χ3n) is 4.10. The van der Waals surface area contributed by atoms with E-state index in [4.69, 9.17) is 0 Å². The molecule has 2 aliphatic rings. The average Bonchev–Trinajstić information content (AvgIpc) is 3.25. The van der Waals surface area contributed by atoms with Gasteiger partial charge in [-0.15, -0.1) is 0 Å². The fourth-order valence-electron chi connectivity index (χ4n) is 2.49. The summed E-state index contributed by atoms with van der Waals surface area (Å²) >= 11 is 0. The van der Waals surface area contributed by atoms with Gasteiger partial charge in [-0.25, -0.2) is 4.98 Å². The van der Waals surface area contributed by atoms with Gasteiger partial charge in [0.1, 0.15) is 5.82 Å². The van der Waals surface area contributed by atoms with Gasteiger partial charge < -0.3 is 10.2 Å². The molecule has 2 heterocycles. The minimum Gasteiger partial charge on any atom is -0.370 e. The van der Waals surface area contributed by atoms with E-state index in [2.05, 4.69) is 28.2 Å². The largest absolute Gasteiger partial charge is 0.370 e. The lowest BCUT2D eigenvalue weighted by Crippen LogP contribution is -2.32. The third-order valence-corrected chi connectivity index (χ3v) is 4.10. The van der Waals surface area contributed by atoms with E-state index in [1.165, 1.54) is 12.8 Å². The van der Waals surface area contributed by atoms with Crippen molar-refractivity contribution in [3.63, 3.8) is 0 Å². The zero-order chi connectivity index (χ0) is 13.2. The molecular weight excluding hydrogens is 238 g/mol. The molecule has 1 aliphatic carbocycles. The van der Waals surface area contributed by atoms with Gasteiger partial charge in [-0.3, -0.25) is 4.79 Å². The minimum absolute atomic E-state index is 0.118. The Morgan fingerprint density at radius 2 is 2.00 bits per heavy atom. The molecule has 0 atom stereocenters. The summed E-state index contributed by atoms with van der Waals surface area (Å²) in [5, 5.41) is 2.87. The monoisotopic (exact) mass is 259 g/mol. The van der Waals surface area contributed by atoms with Gasteiger partial charge in [-0.1, -0.05) is 6.92 Å². The topological polar surface area (TPSA) is 45.2 Å². The van der Waals surface area contributed by atoms with Crippen molar-refractivity contribution in [2.75, 3.05) is 23.3 Å². The summed E-state index contributed by atoms with van der Waals surface area (Å²) in [6, 6.07) is 3.97. The summed E-state index contributed by atoms with van der Waals surface area (Å²) in [6.45, 7) is 4.53. The Labute approximate surface area is 114 Å². The molecule has 0 bridgehead atoms. The Morgan fingerprint density at radius 1 is 1.26 bits per heavy atom. The molecule has 0 radical (unpaired) electrons. The van der Waals surface area contributed by atoms with Crippen LogP contribution in [0.15, 0.2) is 18.3 Å². The Kier molecular flexibility index (Phi) is 3.40. The van der Waals surface area contributed by atoms with Gasteiger partial charge in [0.25, 0.3) is 0 Å². The predicted octanol–water partition coefficient (Wildman–Crippen LogP) is 2.67. The number of carbonyl (C=O) groups is 1. The second-order valence-corrected chi connectivity index (χ2v) is 5.83. The van der Waals surface area contributed by atoms with Crippen molar-refractivity contribution in [3.05, 3.63) is 18.3 Å². The van der Waals surface area contributed by atoms with Crippen molar-refractivity contribution >= 4 is 17.4 Å². The molecule has 0 unspecified atom stereocenters. The molecular formula is C15H21N3O. The maximum atomic E-state index is 11.6. The Balaban J connectivity index is 1.60. The quantitative estimate of drug-likeness (QED) is 0.907. The number of aromatic nitrogens is 1. The first-order valence-electron chi connectivity index (χ1n) is 7.24. The van der Waals surface area contributed by atoms with Crippen molar-refractivity contribution in [1.82, 2.24) is 4.98 Å². The maximum Gasteiger partial charge on any atom is 0.228 e. The maximum absolute atomic E-state index is 11.6. The minimum atomic E-state index is 0.118. The Bertz CT molecular complexity index is 445. The zero-order valence-corrected chi connectivity index (χ0v) is 11.4. The van der Waals surface area contributed by atoms with Crippen LogP contribution in [-0.2, 0) is 4.79 Å². The molecule has 1 N–H and O–H groups in total. The van der Waals surface area contributed by atoms with Crippen LogP contribution in [0.3, 0.4) is 0 Å². The van der Waals surface area contributed by atoms with Gasteiger partial charge in [0, 0.05) is 19.0 Å². The zero-order valence-electron chi connectivity index (χ0n) is 11.4. The smallest absolute Gasteiger partial charge is 0.228 e. The van der Waals surface area contributed by atoms with Gasteiger partial charge in [0.15, 0.2) is 0 Å². The third kappa shape index (κ3) is 3.06. The van der Waals surface area contributed by atoms with Crippen LogP contribution in [0.5, 0.6) is 0 Å². The molecule has 1 saturated carbocycles. The SMILES string of the molecule is CC1CCN(c2ccc(NC(=O)C3CC3)nc2)CC1. The van der Waals surface area contributed by atoms with Gasteiger partial charge in [-0.2, -0.15) is 0 Å². The van der Waals surface area contributed by atoms with Crippen LogP contribution in [0.1, 0.15) is 32.6 Å². The van der Waals surface area contributed by atoms with E-state index in [0.717, 1.165) is 37.5 Å². The first-order valence-corrected chi connectivity index (χ1v) is 7.24. The molecule has 3 rings (SSSR count). The van der Waals surface area contributed by atoms with Crippen LogP contribution >= 0.6 is 0 Å². The highest BCUT2D eigenvalue weighted by atomic mass is 16.2. The van der Waals surface area contributed by atoms with E-state index in [1.54, 1.807) is 0 Å². The van der Waals surface area contributed by atoms with Crippen LogP contribution in [0.25, 0.3) is 0 Å². The summed E-state index contributed by atoms with van der Waals surface area (Å²) in [5.74, 6) is 1.85. The molecule has 1 aromatic rings. The first kappa shape index (κ1) is 12.5. The number of nitrogens with zero attached hydrogens (tertiary/aromatic N) is 2. The summed E-state index contributed by atoms with van der Waals surface area (Å²) in [5.41, 5.74) is 1.16. The molecule has 4 heteroatoms. The number of carbonyl (C=O) groups excluding carboxylic acids is 1. The normalized spacial score (nSPS) is 20.4. The number of piperidine rings is 1.